The maximum absolute atomic E-state index is 11.4. The van der Waals surface area contributed by atoms with Crippen molar-refractivity contribution in [2.75, 3.05) is 44.7 Å². The van der Waals surface area contributed by atoms with E-state index in [0.717, 1.165) is 0 Å². The lowest BCUT2D eigenvalue weighted by molar-refractivity contribution is -0.384. The number of nitro benzene ring substituents is 1. The van der Waals surface area contributed by atoms with E-state index in [1.165, 1.54) is 19.2 Å². The number of non-ortho nitro benzene ring substituents is 1. The molecule has 1 fully saturated rings. The number of aromatic nitrogens is 1. The lowest BCUT2D eigenvalue weighted by Crippen LogP contribution is -2.48. The Hall–Kier alpha value is -3.25. The van der Waals surface area contributed by atoms with Crippen molar-refractivity contribution in [2.45, 2.75) is 0 Å². The third kappa shape index (κ3) is 3.55. The summed E-state index contributed by atoms with van der Waals surface area (Å²) in [5.41, 5.74) is 0.826. The molecule has 134 valence electrons. The molecule has 0 radical (unpaired) electrons. The number of nitro groups is 1. The molecule has 0 spiro atoms. The highest BCUT2D eigenvalue weighted by Gasteiger charge is 2.21. The standard InChI is InChI=1S/C17H17N5O4/c1-26-17(23)11-20-4-6-21(7-5-20)16-8-12(10-18)14-9-13(22(24)25)2-3-15(14)19-16/h2-3,8-9H,4-7,11H2,1H3. The molecule has 0 aliphatic carbocycles. The second-order valence-electron chi connectivity index (χ2n) is 5.94. The van der Waals surface area contributed by atoms with Gasteiger partial charge in [0.2, 0.25) is 0 Å². The highest BCUT2D eigenvalue weighted by atomic mass is 16.6. The van der Waals surface area contributed by atoms with Crippen LogP contribution < -0.4 is 4.90 Å². The number of nitriles is 1. The Bertz CT molecular complexity index is 900. The first kappa shape index (κ1) is 17.6. The summed E-state index contributed by atoms with van der Waals surface area (Å²) < 4.78 is 4.68. The van der Waals surface area contributed by atoms with Gasteiger partial charge in [0, 0.05) is 43.7 Å². The van der Waals surface area contributed by atoms with Crippen LogP contribution in [0.15, 0.2) is 24.3 Å². The second kappa shape index (κ2) is 7.33. The summed E-state index contributed by atoms with van der Waals surface area (Å²) in [6.45, 7) is 2.93. The Balaban J connectivity index is 1.83. The van der Waals surface area contributed by atoms with Crippen molar-refractivity contribution in [3.8, 4) is 6.07 Å². The van der Waals surface area contributed by atoms with Gasteiger partial charge in [0.05, 0.1) is 35.7 Å². The zero-order valence-electron chi connectivity index (χ0n) is 14.2. The number of carbonyl (C=O) groups excluding carboxylic acids is 1. The summed E-state index contributed by atoms with van der Waals surface area (Å²) in [5, 5.41) is 20.8. The molecular weight excluding hydrogens is 338 g/mol. The number of esters is 1. The van der Waals surface area contributed by atoms with Crippen molar-refractivity contribution in [3.63, 3.8) is 0 Å². The van der Waals surface area contributed by atoms with Crippen LogP contribution in [0.1, 0.15) is 5.56 Å². The molecule has 1 saturated heterocycles. The number of methoxy groups -OCH3 is 1. The first-order chi connectivity index (χ1) is 12.5. The van der Waals surface area contributed by atoms with Crippen LogP contribution in [0.25, 0.3) is 10.9 Å². The minimum absolute atomic E-state index is 0.0695. The highest BCUT2D eigenvalue weighted by molar-refractivity contribution is 5.88. The van der Waals surface area contributed by atoms with E-state index in [2.05, 4.69) is 15.8 Å². The highest BCUT2D eigenvalue weighted by Crippen LogP contribution is 2.26. The zero-order valence-corrected chi connectivity index (χ0v) is 14.2. The van der Waals surface area contributed by atoms with Gasteiger partial charge in [0.15, 0.2) is 0 Å². The largest absolute Gasteiger partial charge is 0.468 e. The minimum Gasteiger partial charge on any atom is -0.468 e. The molecule has 1 aliphatic heterocycles. The van der Waals surface area contributed by atoms with Crippen LogP contribution in [0.4, 0.5) is 11.5 Å². The fourth-order valence-corrected chi connectivity index (χ4v) is 2.95. The topological polar surface area (TPSA) is 113 Å². The van der Waals surface area contributed by atoms with Gasteiger partial charge < -0.3 is 9.64 Å². The normalized spacial score (nSPS) is 14.8. The van der Waals surface area contributed by atoms with E-state index < -0.39 is 4.92 Å². The molecule has 26 heavy (non-hydrogen) atoms. The van der Waals surface area contributed by atoms with E-state index in [9.17, 15) is 20.2 Å². The molecule has 0 amide bonds. The predicted molar refractivity (Wildman–Crippen MR) is 93.8 cm³/mol. The van der Waals surface area contributed by atoms with Gasteiger partial charge >= 0.3 is 5.97 Å². The summed E-state index contributed by atoms with van der Waals surface area (Å²) in [6.07, 6.45) is 0. The number of carbonyl (C=O) groups is 1. The number of nitrogens with zero attached hydrogens (tertiary/aromatic N) is 5. The number of fused-ring (bicyclic) bond motifs is 1. The van der Waals surface area contributed by atoms with E-state index in [1.807, 2.05) is 9.80 Å². The predicted octanol–water partition coefficient (Wildman–Crippen LogP) is 1.31. The number of piperazine rings is 1. The molecule has 0 saturated carbocycles. The van der Waals surface area contributed by atoms with Gasteiger partial charge in [-0.2, -0.15) is 5.26 Å². The van der Waals surface area contributed by atoms with Crippen molar-refractivity contribution in [1.82, 2.24) is 9.88 Å². The second-order valence-corrected chi connectivity index (χ2v) is 5.94. The molecular formula is C17H17N5O4. The van der Waals surface area contributed by atoms with Gasteiger partial charge in [-0.3, -0.25) is 19.8 Å². The van der Waals surface area contributed by atoms with E-state index >= 15 is 0 Å². The van der Waals surface area contributed by atoms with Gasteiger partial charge in [-0.05, 0) is 12.1 Å². The van der Waals surface area contributed by atoms with Gasteiger partial charge in [-0.15, -0.1) is 0 Å². The number of pyridine rings is 1. The molecule has 9 nitrogen and oxygen atoms in total. The number of ether oxygens (including phenoxy) is 1. The minimum atomic E-state index is -0.491. The first-order valence-electron chi connectivity index (χ1n) is 8.05. The Morgan fingerprint density at radius 3 is 2.69 bits per heavy atom. The maximum atomic E-state index is 11.4. The fraction of sp³-hybridized carbons (Fsp3) is 0.353. The third-order valence-corrected chi connectivity index (χ3v) is 4.39. The van der Waals surface area contributed by atoms with Crippen LogP contribution >= 0.6 is 0 Å². The molecule has 1 aromatic carbocycles. The van der Waals surface area contributed by atoms with Crippen LogP contribution in [0.2, 0.25) is 0 Å². The molecule has 2 aromatic rings. The van der Waals surface area contributed by atoms with Crippen molar-refractivity contribution in [3.05, 3.63) is 39.9 Å². The molecule has 1 aromatic heterocycles. The Labute approximate surface area is 149 Å². The summed E-state index contributed by atoms with van der Waals surface area (Å²) >= 11 is 0. The zero-order chi connectivity index (χ0) is 18.7. The maximum Gasteiger partial charge on any atom is 0.319 e. The number of benzene rings is 1. The van der Waals surface area contributed by atoms with Crippen molar-refractivity contribution >= 4 is 28.4 Å². The molecule has 1 aliphatic rings. The summed E-state index contributed by atoms with van der Waals surface area (Å²) in [6, 6.07) is 8.07. The van der Waals surface area contributed by atoms with E-state index in [0.29, 0.717) is 48.5 Å². The Kier molecular flexibility index (Phi) is 4.95. The van der Waals surface area contributed by atoms with Gasteiger partial charge in [0.1, 0.15) is 5.82 Å². The lowest BCUT2D eigenvalue weighted by Gasteiger charge is -2.34. The lowest BCUT2D eigenvalue weighted by atomic mass is 10.1. The van der Waals surface area contributed by atoms with Crippen LogP contribution in [0, 0.1) is 21.4 Å². The van der Waals surface area contributed by atoms with Crippen LogP contribution in [0.5, 0.6) is 0 Å². The molecule has 0 bridgehead atoms. The van der Waals surface area contributed by atoms with Crippen molar-refractivity contribution in [1.29, 1.82) is 5.26 Å². The average Bonchev–Trinajstić information content (AvgIpc) is 2.67. The SMILES string of the molecule is COC(=O)CN1CCN(c2cc(C#N)c3cc([N+](=O)[O-])ccc3n2)CC1. The van der Waals surface area contributed by atoms with Gasteiger partial charge in [-0.25, -0.2) is 4.98 Å². The fourth-order valence-electron chi connectivity index (χ4n) is 2.95. The van der Waals surface area contributed by atoms with E-state index in [-0.39, 0.29) is 18.2 Å². The van der Waals surface area contributed by atoms with E-state index in [1.54, 1.807) is 12.1 Å². The summed E-state index contributed by atoms with van der Waals surface area (Å²) in [5.74, 6) is 0.385. The Morgan fingerprint density at radius 2 is 2.08 bits per heavy atom. The number of hydrogen-bond donors (Lipinski definition) is 0. The molecule has 2 heterocycles. The smallest absolute Gasteiger partial charge is 0.319 e. The van der Waals surface area contributed by atoms with Gasteiger partial charge in [-0.1, -0.05) is 0 Å². The molecule has 0 atom stereocenters. The molecule has 3 rings (SSSR count). The quantitative estimate of drug-likeness (QED) is 0.458. The Morgan fingerprint density at radius 1 is 1.35 bits per heavy atom. The average molecular weight is 355 g/mol. The number of hydrogen-bond acceptors (Lipinski definition) is 8. The summed E-state index contributed by atoms with van der Waals surface area (Å²) in [4.78, 5) is 30.4. The monoisotopic (exact) mass is 355 g/mol. The molecule has 9 heteroatoms. The van der Waals surface area contributed by atoms with E-state index in [4.69, 9.17) is 0 Å². The van der Waals surface area contributed by atoms with Crippen molar-refractivity contribution < 1.29 is 14.5 Å². The van der Waals surface area contributed by atoms with Crippen LogP contribution in [0.3, 0.4) is 0 Å². The summed E-state index contributed by atoms with van der Waals surface area (Å²) in [7, 11) is 1.37. The molecule has 0 unspecified atom stereocenters. The first-order valence-corrected chi connectivity index (χ1v) is 8.05. The van der Waals surface area contributed by atoms with Crippen molar-refractivity contribution in [2.24, 2.45) is 0 Å². The number of anilines is 1. The van der Waals surface area contributed by atoms with Crippen LogP contribution in [-0.2, 0) is 9.53 Å². The molecule has 0 N–H and O–H groups in total. The van der Waals surface area contributed by atoms with Crippen LogP contribution in [-0.4, -0.2) is 60.6 Å². The number of rotatable bonds is 4. The third-order valence-electron chi connectivity index (χ3n) is 4.39. The van der Waals surface area contributed by atoms with Gasteiger partial charge in [0.25, 0.3) is 5.69 Å².